The lowest BCUT2D eigenvalue weighted by Gasteiger charge is -2.15. The summed E-state index contributed by atoms with van der Waals surface area (Å²) in [4.78, 5) is 12.7. The zero-order chi connectivity index (χ0) is 22.5. The minimum Gasteiger partial charge on any atom is -0.444 e. The van der Waals surface area contributed by atoms with Gasteiger partial charge < -0.3 is 4.74 Å². The summed E-state index contributed by atoms with van der Waals surface area (Å²) >= 11 is 0. The fraction of sp³-hybridized carbons (Fsp3) is 0.348. The van der Waals surface area contributed by atoms with Crippen molar-refractivity contribution in [3.05, 3.63) is 71.9 Å². The largest absolute Gasteiger partial charge is 0.444 e. The first-order valence-electron chi connectivity index (χ1n) is 10.4. The van der Waals surface area contributed by atoms with Gasteiger partial charge in [0, 0.05) is 26.2 Å². The van der Waals surface area contributed by atoms with E-state index < -0.39 is 24.2 Å². The summed E-state index contributed by atoms with van der Waals surface area (Å²) in [5.74, 6) is 0.163. The molecule has 0 aliphatic heterocycles. The fourth-order valence-corrected chi connectivity index (χ4v) is 7.33. The van der Waals surface area contributed by atoms with Crippen LogP contribution in [0.2, 0.25) is 25.7 Å². The summed E-state index contributed by atoms with van der Waals surface area (Å²) in [6.45, 7) is 6.97. The quantitative estimate of drug-likeness (QED) is 0.475. The van der Waals surface area contributed by atoms with Crippen LogP contribution in [0.4, 0.5) is 4.79 Å². The second-order valence-corrected chi connectivity index (χ2v) is 16.4. The van der Waals surface area contributed by atoms with Crippen molar-refractivity contribution in [3.63, 3.8) is 0 Å². The third kappa shape index (κ3) is 6.78. The number of carbonyl (C=O) groups excluding carboxylic acids is 1. The summed E-state index contributed by atoms with van der Waals surface area (Å²) in [7, 11) is -4.72. The summed E-state index contributed by atoms with van der Waals surface area (Å²) in [6.07, 6.45) is 1.78. The molecule has 0 saturated carbocycles. The first kappa shape index (κ1) is 23.2. The molecule has 3 aromatic rings. The van der Waals surface area contributed by atoms with Crippen molar-refractivity contribution >= 4 is 35.1 Å². The molecule has 2 aromatic carbocycles. The summed E-state index contributed by atoms with van der Waals surface area (Å²) in [5.41, 5.74) is 2.57. The molecule has 0 aliphatic rings. The predicted molar refractivity (Wildman–Crippen MR) is 128 cm³/mol. The molecule has 0 radical (unpaired) electrons. The zero-order valence-electron chi connectivity index (χ0n) is 18.3. The maximum Gasteiger partial charge on any atom is 0.418 e. The third-order valence-corrected chi connectivity index (χ3v) is 8.53. The van der Waals surface area contributed by atoms with Crippen LogP contribution in [0.15, 0.2) is 60.8 Å². The van der Waals surface area contributed by atoms with Crippen molar-refractivity contribution in [2.75, 3.05) is 12.3 Å². The Bertz CT molecular complexity index is 1140. The number of para-hydroxylation sites is 1. The Kier molecular flexibility index (Phi) is 7.35. The number of rotatable bonds is 9. The van der Waals surface area contributed by atoms with Gasteiger partial charge in [0.1, 0.15) is 6.61 Å². The van der Waals surface area contributed by atoms with Crippen molar-refractivity contribution in [3.8, 4) is 0 Å². The highest BCUT2D eigenvalue weighted by atomic mass is 32.2. The number of nitrogens with zero attached hydrogens (tertiary/aromatic N) is 1. The summed E-state index contributed by atoms with van der Waals surface area (Å²) < 4.78 is 34.3. The number of aromatic nitrogens is 1. The van der Waals surface area contributed by atoms with Gasteiger partial charge >= 0.3 is 6.09 Å². The molecule has 6 nitrogen and oxygen atoms in total. The van der Waals surface area contributed by atoms with E-state index >= 15 is 0 Å². The van der Waals surface area contributed by atoms with Crippen molar-refractivity contribution in [2.45, 2.75) is 38.7 Å². The number of hydrogen-bond acceptors (Lipinski definition) is 4. The number of carbonyl (C=O) groups is 1. The normalized spacial score (nSPS) is 12.2. The average molecular weight is 459 g/mol. The Morgan fingerprint density at radius 1 is 1.03 bits per heavy atom. The molecule has 0 amide bonds. The van der Waals surface area contributed by atoms with E-state index in [1.165, 1.54) is 4.57 Å². The SMILES string of the molecule is C[Si](C)(C)CCS(=O)(=O)NCCc1cn(C(=O)OCc2ccccc2)c2ccccc12. The van der Waals surface area contributed by atoms with Gasteiger partial charge in [0.05, 0.1) is 11.3 Å². The fourth-order valence-electron chi connectivity index (χ4n) is 3.24. The van der Waals surface area contributed by atoms with Crippen LogP contribution in [0.5, 0.6) is 0 Å². The Morgan fingerprint density at radius 2 is 1.71 bits per heavy atom. The lowest BCUT2D eigenvalue weighted by Crippen LogP contribution is -2.32. The van der Waals surface area contributed by atoms with Crippen LogP contribution in [-0.2, 0) is 27.8 Å². The van der Waals surface area contributed by atoms with Crippen LogP contribution in [-0.4, -0.2) is 39.4 Å². The van der Waals surface area contributed by atoms with E-state index in [2.05, 4.69) is 24.4 Å². The summed E-state index contributed by atoms with van der Waals surface area (Å²) in [6, 6.07) is 17.8. The highest BCUT2D eigenvalue weighted by Gasteiger charge is 2.19. The van der Waals surface area contributed by atoms with E-state index in [0.717, 1.165) is 28.1 Å². The van der Waals surface area contributed by atoms with Gasteiger partial charge in [-0.05, 0) is 29.7 Å². The van der Waals surface area contributed by atoms with E-state index in [-0.39, 0.29) is 12.4 Å². The smallest absolute Gasteiger partial charge is 0.418 e. The van der Waals surface area contributed by atoms with Gasteiger partial charge in [0.2, 0.25) is 10.0 Å². The van der Waals surface area contributed by atoms with Crippen molar-refractivity contribution in [1.82, 2.24) is 9.29 Å². The highest BCUT2D eigenvalue weighted by molar-refractivity contribution is 7.89. The molecule has 0 unspecified atom stereocenters. The van der Waals surface area contributed by atoms with E-state index in [4.69, 9.17) is 4.74 Å². The van der Waals surface area contributed by atoms with Crippen LogP contribution >= 0.6 is 0 Å². The molecule has 0 atom stereocenters. The van der Waals surface area contributed by atoms with Crippen LogP contribution in [0.25, 0.3) is 10.9 Å². The van der Waals surface area contributed by atoms with Gasteiger partial charge in [-0.15, -0.1) is 0 Å². The molecule has 31 heavy (non-hydrogen) atoms. The number of benzene rings is 2. The van der Waals surface area contributed by atoms with Crippen LogP contribution in [0.3, 0.4) is 0 Å². The topological polar surface area (TPSA) is 77.4 Å². The number of nitrogens with one attached hydrogen (secondary N) is 1. The first-order valence-corrected chi connectivity index (χ1v) is 15.8. The van der Waals surface area contributed by atoms with E-state index in [9.17, 15) is 13.2 Å². The van der Waals surface area contributed by atoms with Crippen LogP contribution in [0, 0.1) is 0 Å². The Balaban J connectivity index is 1.67. The second kappa shape index (κ2) is 9.80. The Hall–Kier alpha value is -2.42. The average Bonchev–Trinajstić information content (AvgIpc) is 3.10. The molecule has 8 heteroatoms. The van der Waals surface area contributed by atoms with E-state index in [1.807, 2.05) is 54.6 Å². The minimum atomic E-state index is -3.30. The molecule has 0 aliphatic carbocycles. The summed E-state index contributed by atoms with van der Waals surface area (Å²) in [5, 5.41) is 0.917. The van der Waals surface area contributed by atoms with Crippen LogP contribution in [0.1, 0.15) is 11.1 Å². The van der Waals surface area contributed by atoms with Gasteiger partial charge in [0.25, 0.3) is 0 Å². The maximum absolute atomic E-state index is 12.7. The highest BCUT2D eigenvalue weighted by Crippen LogP contribution is 2.22. The molecular formula is C23H30N2O4SSi. The van der Waals surface area contributed by atoms with Gasteiger partial charge in [0.15, 0.2) is 0 Å². The van der Waals surface area contributed by atoms with Crippen molar-refractivity contribution < 1.29 is 17.9 Å². The lowest BCUT2D eigenvalue weighted by atomic mass is 10.1. The maximum atomic E-state index is 12.7. The molecule has 166 valence electrons. The standard InChI is InChI=1S/C23H30N2O4SSi/c1-31(2,3)16-15-30(27,28)24-14-13-20-17-25(22-12-8-7-11-21(20)22)23(26)29-18-19-9-5-4-6-10-19/h4-12,17,24H,13-16,18H2,1-3H3. The molecule has 1 N–H and O–H groups in total. The monoisotopic (exact) mass is 458 g/mol. The molecule has 1 heterocycles. The molecule has 0 saturated heterocycles. The molecule has 0 bridgehead atoms. The van der Waals surface area contributed by atoms with E-state index in [1.54, 1.807) is 6.20 Å². The third-order valence-electron chi connectivity index (χ3n) is 5.03. The van der Waals surface area contributed by atoms with E-state index in [0.29, 0.717) is 13.0 Å². The molecular weight excluding hydrogens is 428 g/mol. The number of ether oxygens (including phenoxy) is 1. The molecule has 3 rings (SSSR count). The number of hydrogen-bond donors (Lipinski definition) is 1. The first-order chi connectivity index (χ1) is 14.6. The second-order valence-electron chi connectivity index (χ2n) is 8.86. The van der Waals surface area contributed by atoms with Gasteiger partial charge in [-0.1, -0.05) is 68.2 Å². The Morgan fingerprint density at radius 3 is 2.42 bits per heavy atom. The number of sulfonamides is 1. The van der Waals surface area contributed by atoms with Gasteiger partial charge in [-0.2, -0.15) is 0 Å². The molecule has 0 spiro atoms. The number of fused-ring (bicyclic) bond motifs is 1. The molecule has 1 aromatic heterocycles. The van der Waals surface area contributed by atoms with Crippen molar-refractivity contribution in [1.29, 1.82) is 0 Å². The van der Waals surface area contributed by atoms with Gasteiger partial charge in [-0.25, -0.2) is 17.9 Å². The van der Waals surface area contributed by atoms with Crippen molar-refractivity contribution in [2.24, 2.45) is 0 Å². The van der Waals surface area contributed by atoms with Gasteiger partial charge in [-0.3, -0.25) is 4.57 Å². The Labute approximate surface area is 185 Å². The zero-order valence-corrected chi connectivity index (χ0v) is 20.1. The molecule has 0 fully saturated rings. The predicted octanol–water partition coefficient (Wildman–Crippen LogP) is 4.63. The lowest BCUT2D eigenvalue weighted by molar-refractivity contribution is 0.142. The minimum absolute atomic E-state index is 0.163. The van der Waals surface area contributed by atoms with Crippen LogP contribution < -0.4 is 4.72 Å².